The number of aryl methyl sites for hydroxylation is 1. The van der Waals surface area contributed by atoms with Gasteiger partial charge in [-0.1, -0.05) is 17.7 Å². The Kier molecular flexibility index (Phi) is 3.17. The molecule has 0 saturated carbocycles. The van der Waals surface area contributed by atoms with E-state index in [1.807, 2.05) is 47.9 Å². The topological polar surface area (TPSA) is 62.3 Å². The highest BCUT2D eigenvalue weighted by molar-refractivity contribution is 5.84. The summed E-state index contributed by atoms with van der Waals surface area (Å²) in [6.07, 6.45) is 0. The van der Waals surface area contributed by atoms with E-state index in [4.69, 9.17) is 15.2 Å². The van der Waals surface area contributed by atoms with Gasteiger partial charge in [-0.25, -0.2) is 4.98 Å². The molecule has 0 saturated heterocycles. The van der Waals surface area contributed by atoms with Crippen LogP contribution in [0, 0.1) is 6.92 Å². The number of nitrogens with zero attached hydrogens (tertiary/aromatic N) is 2. The summed E-state index contributed by atoms with van der Waals surface area (Å²) in [6, 6.07) is 11.8. The van der Waals surface area contributed by atoms with Gasteiger partial charge >= 0.3 is 0 Å². The van der Waals surface area contributed by atoms with E-state index in [1.165, 1.54) is 5.56 Å². The Balaban J connectivity index is 2.27. The van der Waals surface area contributed by atoms with E-state index in [1.54, 1.807) is 14.2 Å². The average Bonchev–Trinajstić information content (AvgIpc) is 2.81. The smallest absolute Gasteiger partial charge is 0.205 e. The standard InChI is InChI=1S/C16H17N3O2/c1-10-4-6-11(7-5-10)19-13-9-15(21-3)14(20-2)8-12(13)18-16(19)17/h4-9H,1-3H3,(H2,17,18). The number of nitrogen functional groups attached to an aromatic ring is 1. The molecule has 5 nitrogen and oxygen atoms in total. The maximum atomic E-state index is 6.08. The van der Waals surface area contributed by atoms with E-state index in [0.717, 1.165) is 16.7 Å². The van der Waals surface area contributed by atoms with Crippen LogP contribution in [0.4, 0.5) is 5.95 Å². The molecule has 3 aromatic rings. The second kappa shape index (κ2) is 5.01. The zero-order valence-corrected chi connectivity index (χ0v) is 12.3. The molecule has 3 rings (SSSR count). The molecular weight excluding hydrogens is 266 g/mol. The van der Waals surface area contributed by atoms with E-state index in [2.05, 4.69) is 4.98 Å². The van der Waals surface area contributed by atoms with Crippen LogP contribution in [0.5, 0.6) is 11.5 Å². The van der Waals surface area contributed by atoms with E-state index in [9.17, 15) is 0 Å². The van der Waals surface area contributed by atoms with Crippen LogP contribution >= 0.6 is 0 Å². The molecule has 2 aromatic carbocycles. The zero-order valence-electron chi connectivity index (χ0n) is 12.3. The third-order valence-corrected chi connectivity index (χ3v) is 3.48. The third kappa shape index (κ3) is 2.16. The molecule has 0 aliphatic carbocycles. The van der Waals surface area contributed by atoms with Gasteiger partial charge in [0.25, 0.3) is 0 Å². The Morgan fingerprint density at radius 2 is 1.62 bits per heavy atom. The minimum atomic E-state index is 0.434. The summed E-state index contributed by atoms with van der Waals surface area (Å²) in [5, 5.41) is 0. The molecule has 0 aliphatic rings. The van der Waals surface area contributed by atoms with Gasteiger partial charge in [0.05, 0.1) is 25.3 Å². The van der Waals surface area contributed by atoms with Crippen molar-refractivity contribution in [3.05, 3.63) is 42.0 Å². The molecule has 1 heterocycles. The predicted molar refractivity (Wildman–Crippen MR) is 83.3 cm³/mol. The van der Waals surface area contributed by atoms with Crippen molar-refractivity contribution < 1.29 is 9.47 Å². The molecule has 108 valence electrons. The van der Waals surface area contributed by atoms with Crippen molar-refractivity contribution in [3.63, 3.8) is 0 Å². The molecule has 0 fully saturated rings. The number of rotatable bonds is 3. The number of aromatic nitrogens is 2. The molecule has 0 aliphatic heterocycles. The highest BCUT2D eigenvalue weighted by Gasteiger charge is 2.14. The van der Waals surface area contributed by atoms with E-state index < -0.39 is 0 Å². The fourth-order valence-corrected chi connectivity index (χ4v) is 2.39. The van der Waals surface area contributed by atoms with Crippen LogP contribution in [0.3, 0.4) is 0 Å². The predicted octanol–water partition coefficient (Wildman–Crippen LogP) is 2.93. The minimum Gasteiger partial charge on any atom is -0.493 e. The summed E-state index contributed by atoms with van der Waals surface area (Å²) < 4.78 is 12.6. The van der Waals surface area contributed by atoms with Crippen LogP contribution in [-0.4, -0.2) is 23.8 Å². The normalized spacial score (nSPS) is 10.8. The van der Waals surface area contributed by atoms with Crippen molar-refractivity contribution in [1.29, 1.82) is 0 Å². The fourth-order valence-electron chi connectivity index (χ4n) is 2.39. The molecule has 2 N–H and O–H groups in total. The lowest BCUT2D eigenvalue weighted by atomic mass is 10.2. The first-order chi connectivity index (χ1) is 10.1. The van der Waals surface area contributed by atoms with Crippen molar-refractivity contribution in [3.8, 4) is 17.2 Å². The second-order valence-electron chi connectivity index (χ2n) is 4.84. The van der Waals surface area contributed by atoms with E-state index >= 15 is 0 Å². The van der Waals surface area contributed by atoms with Gasteiger partial charge in [-0.05, 0) is 19.1 Å². The van der Waals surface area contributed by atoms with Crippen molar-refractivity contribution in [2.45, 2.75) is 6.92 Å². The second-order valence-corrected chi connectivity index (χ2v) is 4.84. The van der Waals surface area contributed by atoms with Gasteiger partial charge < -0.3 is 15.2 Å². The van der Waals surface area contributed by atoms with Gasteiger partial charge in [0.2, 0.25) is 5.95 Å². The number of hydrogen-bond acceptors (Lipinski definition) is 4. The molecule has 0 bridgehead atoms. The quantitative estimate of drug-likeness (QED) is 0.802. The number of ether oxygens (including phenoxy) is 2. The Labute approximate surface area is 122 Å². The lowest BCUT2D eigenvalue weighted by Crippen LogP contribution is -2.00. The van der Waals surface area contributed by atoms with Gasteiger partial charge in [0.15, 0.2) is 11.5 Å². The van der Waals surface area contributed by atoms with Gasteiger partial charge in [0, 0.05) is 17.8 Å². The maximum absolute atomic E-state index is 6.08. The van der Waals surface area contributed by atoms with Gasteiger partial charge in [0.1, 0.15) is 0 Å². The number of benzene rings is 2. The Bertz CT molecular complexity index is 791. The fraction of sp³-hybridized carbons (Fsp3) is 0.188. The zero-order chi connectivity index (χ0) is 15.0. The molecule has 0 atom stereocenters. The Morgan fingerprint density at radius 3 is 2.24 bits per heavy atom. The third-order valence-electron chi connectivity index (χ3n) is 3.48. The van der Waals surface area contributed by atoms with Gasteiger partial charge in [-0.3, -0.25) is 4.57 Å². The molecule has 0 radical (unpaired) electrons. The first-order valence-electron chi connectivity index (χ1n) is 6.61. The van der Waals surface area contributed by atoms with Crippen molar-refractivity contribution >= 4 is 17.0 Å². The number of imidazole rings is 1. The summed E-state index contributed by atoms with van der Waals surface area (Å²) in [6.45, 7) is 2.05. The average molecular weight is 283 g/mol. The van der Waals surface area contributed by atoms with Crippen molar-refractivity contribution in [2.24, 2.45) is 0 Å². The molecule has 21 heavy (non-hydrogen) atoms. The molecule has 0 unspecified atom stereocenters. The highest BCUT2D eigenvalue weighted by Crippen LogP contribution is 2.34. The lowest BCUT2D eigenvalue weighted by Gasteiger charge is -2.10. The molecule has 0 amide bonds. The van der Waals surface area contributed by atoms with Crippen LogP contribution in [0.15, 0.2) is 36.4 Å². The van der Waals surface area contributed by atoms with Gasteiger partial charge in [-0.15, -0.1) is 0 Å². The van der Waals surface area contributed by atoms with E-state index in [0.29, 0.717) is 17.4 Å². The largest absolute Gasteiger partial charge is 0.493 e. The molecular formula is C16H17N3O2. The lowest BCUT2D eigenvalue weighted by molar-refractivity contribution is 0.355. The van der Waals surface area contributed by atoms with Crippen molar-refractivity contribution in [2.75, 3.05) is 20.0 Å². The van der Waals surface area contributed by atoms with Crippen LogP contribution in [-0.2, 0) is 0 Å². The summed E-state index contributed by atoms with van der Waals surface area (Å²) in [4.78, 5) is 4.40. The van der Waals surface area contributed by atoms with E-state index in [-0.39, 0.29) is 0 Å². The molecule has 5 heteroatoms. The number of nitrogens with two attached hydrogens (primary N) is 1. The maximum Gasteiger partial charge on any atom is 0.205 e. The number of methoxy groups -OCH3 is 2. The first-order valence-corrected chi connectivity index (χ1v) is 6.61. The SMILES string of the molecule is COc1cc2nc(N)n(-c3ccc(C)cc3)c2cc1OC. The van der Waals surface area contributed by atoms with Gasteiger partial charge in [-0.2, -0.15) is 0 Å². The number of hydrogen-bond donors (Lipinski definition) is 1. The molecule has 1 aromatic heterocycles. The highest BCUT2D eigenvalue weighted by atomic mass is 16.5. The Morgan fingerprint density at radius 1 is 1.00 bits per heavy atom. The van der Waals surface area contributed by atoms with Crippen LogP contribution in [0.25, 0.3) is 16.7 Å². The van der Waals surface area contributed by atoms with Crippen LogP contribution in [0.1, 0.15) is 5.56 Å². The monoisotopic (exact) mass is 283 g/mol. The van der Waals surface area contributed by atoms with Crippen LogP contribution < -0.4 is 15.2 Å². The summed E-state index contributed by atoms with van der Waals surface area (Å²) >= 11 is 0. The summed E-state index contributed by atoms with van der Waals surface area (Å²) in [5.41, 5.74) is 9.89. The minimum absolute atomic E-state index is 0.434. The van der Waals surface area contributed by atoms with Crippen LogP contribution in [0.2, 0.25) is 0 Å². The van der Waals surface area contributed by atoms with Crippen molar-refractivity contribution in [1.82, 2.24) is 9.55 Å². The summed E-state index contributed by atoms with van der Waals surface area (Å²) in [7, 11) is 3.21. The number of anilines is 1. The first kappa shape index (κ1) is 13.3. The summed E-state index contributed by atoms with van der Waals surface area (Å²) in [5.74, 6) is 1.72. The molecule has 0 spiro atoms. The number of fused-ring (bicyclic) bond motifs is 1. The Hall–Kier alpha value is -2.69.